The molecule has 0 saturated heterocycles. The molecule has 0 fully saturated rings. The molecule has 0 aliphatic heterocycles. The van der Waals surface area contributed by atoms with Crippen LogP contribution < -0.4 is 19.6 Å². The molecule has 1 aliphatic rings. The molecule has 1 aromatic heterocycles. The first-order chi connectivity index (χ1) is 12.2. The van der Waals surface area contributed by atoms with E-state index in [1.165, 1.54) is 16.9 Å². The molecule has 132 valence electrons. The number of thiophene rings is 1. The van der Waals surface area contributed by atoms with Crippen LogP contribution in [-0.4, -0.2) is 33.5 Å². The number of hydrogen-bond donors (Lipinski definition) is 1. The maximum atomic E-state index is 12.2. The lowest BCUT2D eigenvalue weighted by atomic mass is 10.2. The summed E-state index contributed by atoms with van der Waals surface area (Å²) in [5, 5.41) is 4.04. The highest BCUT2D eigenvalue weighted by molar-refractivity contribution is 7.14. The zero-order valence-electron chi connectivity index (χ0n) is 14.4. The number of carbonyl (C=O) groups is 1. The number of methoxy groups -OCH3 is 3. The number of benzene rings is 1. The molecule has 0 radical (unpaired) electrons. The van der Waals surface area contributed by atoms with Crippen LogP contribution in [0.2, 0.25) is 0 Å². The number of fused-ring (bicyclic) bond motifs is 1. The van der Waals surface area contributed by atoms with Gasteiger partial charge >= 0.3 is 0 Å². The molecule has 1 N–H and O–H groups in total. The first kappa shape index (κ1) is 17.3. The van der Waals surface area contributed by atoms with Gasteiger partial charge in [-0.1, -0.05) is 0 Å². The van der Waals surface area contributed by atoms with Gasteiger partial charge in [-0.05, 0) is 43.0 Å². The first-order valence-corrected chi connectivity index (χ1v) is 8.73. The number of nitrogens with zero attached hydrogens (tertiary/aromatic N) is 1. The Morgan fingerprint density at radius 1 is 1.12 bits per heavy atom. The Morgan fingerprint density at radius 2 is 1.84 bits per heavy atom. The summed E-state index contributed by atoms with van der Waals surface area (Å²) in [6.07, 6.45) is 4.86. The fraction of sp³-hybridized carbons (Fsp3) is 0.333. The molecule has 2 aromatic rings. The molecule has 7 heteroatoms. The molecule has 1 heterocycles. The van der Waals surface area contributed by atoms with E-state index in [1.54, 1.807) is 51.0 Å². The average molecular weight is 360 g/mol. The van der Waals surface area contributed by atoms with E-state index in [1.807, 2.05) is 6.07 Å². The monoisotopic (exact) mass is 360 g/mol. The summed E-state index contributed by atoms with van der Waals surface area (Å²) in [4.78, 5) is 14.2. The summed E-state index contributed by atoms with van der Waals surface area (Å²) in [6.45, 7) is 0. The average Bonchev–Trinajstić information content (AvgIpc) is 3.22. The number of carbonyl (C=O) groups excluding carboxylic acids is 1. The largest absolute Gasteiger partial charge is 0.493 e. The third-order valence-corrected chi connectivity index (χ3v) is 5.27. The Morgan fingerprint density at radius 3 is 2.44 bits per heavy atom. The fourth-order valence-corrected chi connectivity index (χ4v) is 3.98. The third-order valence-electron chi connectivity index (χ3n) is 4.04. The quantitative estimate of drug-likeness (QED) is 0.635. The van der Waals surface area contributed by atoms with Gasteiger partial charge < -0.3 is 14.2 Å². The van der Waals surface area contributed by atoms with Crippen LogP contribution >= 0.6 is 11.3 Å². The lowest BCUT2D eigenvalue weighted by molar-refractivity contribution is 0.0959. The van der Waals surface area contributed by atoms with Crippen molar-refractivity contribution < 1.29 is 19.0 Å². The zero-order chi connectivity index (χ0) is 17.8. The SMILES string of the molecule is COc1cc(/C=N\NC(=O)c2cc3c(s2)CCC3)cc(OC)c1OC. The number of ether oxygens (including phenoxy) is 3. The molecule has 0 saturated carbocycles. The van der Waals surface area contributed by atoms with Crippen LogP contribution in [0.4, 0.5) is 0 Å². The molecular formula is C18H20N2O4S. The van der Waals surface area contributed by atoms with Crippen molar-refractivity contribution in [3.8, 4) is 17.2 Å². The van der Waals surface area contributed by atoms with Gasteiger partial charge in [0.05, 0.1) is 32.4 Å². The van der Waals surface area contributed by atoms with Gasteiger partial charge in [-0.3, -0.25) is 4.79 Å². The second-order valence-corrected chi connectivity index (χ2v) is 6.71. The van der Waals surface area contributed by atoms with E-state index in [0.29, 0.717) is 22.1 Å². The van der Waals surface area contributed by atoms with Gasteiger partial charge in [0, 0.05) is 10.4 Å². The first-order valence-electron chi connectivity index (χ1n) is 7.91. The summed E-state index contributed by atoms with van der Waals surface area (Å²) in [6, 6.07) is 5.49. The Hall–Kier alpha value is -2.54. The van der Waals surface area contributed by atoms with E-state index in [2.05, 4.69) is 10.5 Å². The normalized spacial score (nSPS) is 12.9. The van der Waals surface area contributed by atoms with E-state index in [9.17, 15) is 4.79 Å². The minimum Gasteiger partial charge on any atom is -0.493 e. The number of hydrogen-bond acceptors (Lipinski definition) is 6. The highest BCUT2D eigenvalue weighted by Crippen LogP contribution is 2.37. The predicted octanol–water partition coefficient (Wildman–Crippen LogP) is 3.03. The van der Waals surface area contributed by atoms with Crippen LogP contribution in [0.5, 0.6) is 17.2 Å². The maximum Gasteiger partial charge on any atom is 0.281 e. The molecule has 1 aliphatic carbocycles. The molecule has 0 atom stereocenters. The van der Waals surface area contributed by atoms with Crippen molar-refractivity contribution in [2.45, 2.75) is 19.3 Å². The van der Waals surface area contributed by atoms with Gasteiger partial charge in [-0.15, -0.1) is 11.3 Å². The number of rotatable bonds is 6. The van der Waals surface area contributed by atoms with Crippen LogP contribution in [0, 0.1) is 0 Å². The minimum atomic E-state index is -0.192. The summed E-state index contributed by atoms with van der Waals surface area (Å²) in [7, 11) is 4.65. The summed E-state index contributed by atoms with van der Waals surface area (Å²) in [5.74, 6) is 1.39. The van der Waals surface area contributed by atoms with E-state index < -0.39 is 0 Å². The smallest absolute Gasteiger partial charge is 0.281 e. The Balaban J connectivity index is 1.72. The maximum absolute atomic E-state index is 12.2. The molecular weight excluding hydrogens is 340 g/mol. The summed E-state index contributed by atoms with van der Waals surface area (Å²) >= 11 is 1.55. The second kappa shape index (κ2) is 7.57. The highest BCUT2D eigenvalue weighted by atomic mass is 32.1. The number of hydrazone groups is 1. The fourth-order valence-electron chi connectivity index (χ4n) is 2.84. The molecule has 0 bridgehead atoms. The van der Waals surface area contributed by atoms with Gasteiger partial charge in [0.15, 0.2) is 11.5 Å². The number of aryl methyl sites for hydroxylation is 2. The molecule has 3 rings (SSSR count). The third kappa shape index (κ3) is 3.61. The zero-order valence-corrected chi connectivity index (χ0v) is 15.2. The van der Waals surface area contributed by atoms with Crippen molar-refractivity contribution in [3.05, 3.63) is 39.1 Å². The van der Waals surface area contributed by atoms with Gasteiger partial charge in [-0.2, -0.15) is 5.10 Å². The lowest BCUT2D eigenvalue weighted by Crippen LogP contribution is -2.16. The van der Waals surface area contributed by atoms with Gasteiger partial charge in [0.2, 0.25) is 5.75 Å². The van der Waals surface area contributed by atoms with Crippen molar-refractivity contribution in [2.24, 2.45) is 5.10 Å². The van der Waals surface area contributed by atoms with E-state index >= 15 is 0 Å². The molecule has 1 amide bonds. The predicted molar refractivity (Wildman–Crippen MR) is 97.5 cm³/mol. The lowest BCUT2D eigenvalue weighted by Gasteiger charge is -2.12. The summed E-state index contributed by atoms with van der Waals surface area (Å²) < 4.78 is 15.9. The van der Waals surface area contributed by atoms with Gasteiger partial charge in [0.25, 0.3) is 5.91 Å². The van der Waals surface area contributed by atoms with Crippen LogP contribution in [0.15, 0.2) is 23.3 Å². The van der Waals surface area contributed by atoms with Crippen molar-refractivity contribution >= 4 is 23.5 Å². The Kier molecular flexibility index (Phi) is 5.23. The Bertz CT molecular complexity index is 767. The van der Waals surface area contributed by atoms with Crippen LogP contribution in [0.1, 0.15) is 32.1 Å². The van der Waals surface area contributed by atoms with Crippen molar-refractivity contribution in [2.75, 3.05) is 21.3 Å². The van der Waals surface area contributed by atoms with E-state index in [4.69, 9.17) is 14.2 Å². The van der Waals surface area contributed by atoms with Gasteiger partial charge in [0.1, 0.15) is 0 Å². The van der Waals surface area contributed by atoms with Crippen LogP contribution in [0.25, 0.3) is 0 Å². The number of amides is 1. The van der Waals surface area contributed by atoms with Crippen LogP contribution in [-0.2, 0) is 12.8 Å². The highest BCUT2D eigenvalue weighted by Gasteiger charge is 2.18. The van der Waals surface area contributed by atoms with E-state index in [0.717, 1.165) is 18.4 Å². The Labute approximate surface area is 150 Å². The molecule has 1 aromatic carbocycles. The second-order valence-electron chi connectivity index (χ2n) is 5.57. The summed E-state index contributed by atoms with van der Waals surface area (Å²) in [5.41, 5.74) is 4.59. The molecule has 25 heavy (non-hydrogen) atoms. The standard InChI is InChI=1S/C18H20N2O4S/c1-22-13-7-11(8-14(23-2)17(13)24-3)10-19-20-18(21)16-9-12-5-4-6-15(12)25-16/h7-10H,4-6H2,1-3H3,(H,20,21)/b19-10-. The topological polar surface area (TPSA) is 69.2 Å². The van der Waals surface area contributed by atoms with Crippen molar-refractivity contribution in [1.29, 1.82) is 0 Å². The van der Waals surface area contributed by atoms with Crippen LogP contribution in [0.3, 0.4) is 0 Å². The van der Waals surface area contributed by atoms with Gasteiger partial charge in [-0.25, -0.2) is 5.43 Å². The molecule has 6 nitrogen and oxygen atoms in total. The minimum absolute atomic E-state index is 0.192. The van der Waals surface area contributed by atoms with E-state index in [-0.39, 0.29) is 5.91 Å². The van der Waals surface area contributed by atoms with Crippen molar-refractivity contribution in [1.82, 2.24) is 5.43 Å². The van der Waals surface area contributed by atoms with Crippen molar-refractivity contribution in [3.63, 3.8) is 0 Å². The molecule has 0 unspecified atom stereocenters. The number of nitrogens with one attached hydrogen (secondary N) is 1. The molecule has 0 spiro atoms.